The average Bonchev–Trinajstić information content (AvgIpc) is 3.27. The first-order valence-corrected chi connectivity index (χ1v) is 9.50. The molecule has 0 saturated carbocycles. The molecule has 0 spiro atoms. The number of hydrogen-bond acceptors (Lipinski definition) is 7. The van der Waals surface area contributed by atoms with Crippen LogP contribution in [0.2, 0.25) is 0 Å². The summed E-state index contributed by atoms with van der Waals surface area (Å²) in [5.41, 5.74) is 2.92. The quantitative estimate of drug-likeness (QED) is 0.518. The maximum Gasteiger partial charge on any atom is 0.271 e. The Kier molecular flexibility index (Phi) is 5.09. The highest BCUT2D eigenvalue weighted by molar-refractivity contribution is 7.99. The molecule has 132 valence electrons. The fourth-order valence-electron chi connectivity index (χ4n) is 2.32. The minimum absolute atomic E-state index is 0.00636. The zero-order valence-corrected chi connectivity index (χ0v) is 15.8. The molecule has 0 bridgehead atoms. The van der Waals surface area contributed by atoms with Gasteiger partial charge in [-0.3, -0.25) is 4.79 Å². The fraction of sp³-hybridized carbons (Fsp3) is 0.333. The number of amides is 1. The first kappa shape index (κ1) is 17.5. The molecule has 3 heterocycles. The zero-order chi connectivity index (χ0) is 18.0. The van der Waals surface area contributed by atoms with Crippen molar-refractivity contribution in [2.45, 2.75) is 25.5 Å². The van der Waals surface area contributed by atoms with E-state index >= 15 is 0 Å². The van der Waals surface area contributed by atoms with Crippen LogP contribution >= 0.6 is 23.1 Å². The van der Waals surface area contributed by atoms with E-state index in [2.05, 4.69) is 15.3 Å². The molecule has 0 aromatic carbocycles. The van der Waals surface area contributed by atoms with Gasteiger partial charge in [-0.25, -0.2) is 9.36 Å². The van der Waals surface area contributed by atoms with E-state index in [-0.39, 0.29) is 11.7 Å². The van der Waals surface area contributed by atoms with Crippen molar-refractivity contribution in [2.75, 3.05) is 18.6 Å². The predicted octanol–water partition coefficient (Wildman–Crippen LogP) is 1.61. The normalized spacial score (nSPS) is 11.0. The number of nitrogens with two attached hydrogens (primary N) is 1. The predicted molar refractivity (Wildman–Crippen MR) is 98.3 cm³/mol. The summed E-state index contributed by atoms with van der Waals surface area (Å²) in [6.07, 6.45) is 0. The highest BCUT2D eigenvalue weighted by Crippen LogP contribution is 2.18. The van der Waals surface area contributed by atoms with E-state index < -0.39 is 0 Å². The van der Waals surface area contributed by atoms with Crippen LogP contribution in [-0.2, 0) is 11.3 Å². The standard InChI is InChI=1S/C15H19N7OS2/c1-10-6-11(2)22(19-10)14-17-18-15(21(14)16)25-9-13(23)20(3)7-12-4-5-24-8-12/h4-6,8H,7,9,16H2,1-3H3. The van der Waals surface area contributed by atoms with E-state index in [1.807, 2.05) is 36.7 Å². The number of carbonyl (C=O) groups excluding carboxylic acids is 1. The van der Waals surface area contributed by atoms with Gasteiger partial charge in [0.2, 0.25) is 11.1 Å². The maximum absolute atomic E-state index is 12.3. The lowest BCUT2D eigenvalue weighted by atomic mass is 10.3. The van der Waals surface area contributed by atoms with Gasteiger partial charge in [-0.2, -0.15) is 16.4 Å². The lowest BCUT2D eigenvalue weighted by molar-refractivity contribution is -0.127. The molecule has 8 nitrogen and oxygen atoms in total. The van der Waals surface area contributed by atoms with Gasteiger partial charge in [-0.05, 0) is 42.3 Å². The Bertz CT molecular complexity index is 869. The van der Waals surface area contributed by atoms with Crippen molar-refractivity contribution in [3.05, 3.63) is 39.8 Å². The molecule has 3 aromatic rings. The zero-order valence-electron chi connectivity index (χ0n) is 14.2. The minimum Gasteiger partial charge on any atom is -0.341 e. The minimum atomic E-state index is 0.00636. The Labute approximate surface area is 153 Å². The van der Waals surface area contributed by atoms with Crippen molar-refractivity contribution in [2.24, 2.45) is 0 Å². The van der Waals surface area contributed by atoms with E-state index in [1.165, 1.54) is 16.4 Å². The summed E-state index contributed by atoms with van der Waals surface area (Å²) >= 11 is 2.88. The molecule has 0 aliphatic rings. The fourth-order valence-corrected chi connectivity index (χ4v) is 3.78. The topological polar surface area (TPSA) is 94.9 Å². The second-order valence-corrected chi connectivity index (χ2v) is 7.38. The molecule has 25 heavy (non-hydrogen) atoms. The molecule has 2 N–H and O–H groups in total. The van der Waals surface area contributed by atoms with Crippen molar-refractivity contribution in [1.29, 1.82) is 0 Å². The number of nitrogens with zero attached hydrogens (tertiary/aromatic N) is 6. The third kappa shape index (κ3) is 3.85. The second kappa shape index (κ2) is 7.28. The van der Waals surface area contributed by atoms with Gasteiger partial charge < -0.3 is 10.7 Å². The molecule has 0 saturated heterocycles. The van der Waals surface area contributed by atoms with Gasteiger partial charge in [0.05, 0.1) is 11.4 Å². The highest BCUT2D eigenvalue weighted by Gasteiger charge is 2.17. The third-order valence-corrected chi connectivity index (χ3v) is 5.26. The maximum atomic E-state index is 12.3. The summed E-state index contributed by atoms with van der Waals surface area (Å²) in [7, 11) is 1.79. The number of rotatable bonds is 6. The summed E-state index contributed by atoms with van der Waals surface area (Å²) in [4.78, 5) is 14.0. The summed E-state index contributed by atoms with van der Waals surface area (Å²) in [6.45, 7) is 4.41. The lowest BCUT2D eigenvalue weighted by Crippen LogP contribution is -2.28. The molecule has 0 aliphatic carbocycles. The van der Waals surface area contributed by atoms with Crippen molar-refractivity contribution in [3.8, 4) is 5.95 Å². The highest BCUT2D eigenvalue weighted by atomic mass is 32.2. The van der Waals surface area contributed by atoms with Crippen molar-refractivity contribution in [3.63, 3.8) is 0 Å². The van der Waals surface area contributed by atoms with Crippen LogP contribution in [0.5, 0.6) is 0 Å². The summed E-state index contributed by atoms with van der Waals surface area (Å²) in [6, 6.07) is 3.95. The van der Waals surface area contributed by atoms with Crippen molar-refractivity contribution in [1.82, 2.24) is 29.6 Å². The van der Waals surface area contributed by atoms with Crippen LogP contribution in [0.4, 0.5) is 0 Å². The van der Waals surface area contributed by atoms with Gasteiger partial charge in [0.25, 0.3) is 5.95 Å². The van der Waals surface area contributed by atoms with Crippen LogP contribution in [-0.4, -0.2) is 48.3 Å². The Morgan fingerprint density at radius 3 is 2.84 bits per heavy atom. The van der Waals surface area contributed by atoms with Gasteiger partial charge >= 0.3 is 0 Å². The number of thioether (sulfide) groups is 1. The molecular formula is C15H19N7OS2. The van der Waals surface area contributed by atoms with Gasteiger partial charge in [-0.1, -0.05) is 11.8 Å². The number of nitrogen functional groups attached to an aromatic ring is 1. The van der Waals surface area contributed by atoms with Crippen molar-refractivity contribution < 1.29 is 4.79 Å². The van der Waals surface area contributed by atoms with E-state index in [1.54, 1.807) is 28.0 Å². The van der Waals surface area contributed by atoms with Crippen LogP contribution in [0, 0.1) is 13.8 Å². The molecule has 3 aromatic heterocycles. The number of hydrogen-bond donors (Lipinski definition) is 1. The first-order chi connectivity index (χ1) is 12.0. The lowest BCUT2D eigenvalue weighted by Gasteiger charge is -2.15. The average molecular weight is 377 g/mol. The van der Waals surface area contributed by atoms with Gasteiger partial charge in [0, 0.05) is 19.3 Å². The monoisotopic (exact) mass is 377 g/mol. The van der Waals surface area contributed by atoms with Crippen LogP contribution in [0.3, 0.4) is 0 Å². The van der Waals surface area contributed by atoms with E-state index in [0.29, 0.717) is 17.6 Å². The SMILES string of the molecule is Cc1cc(C)n(-c2nnc(SCC(=O)N(C)Cc3ccsc3)n2N)n1. The second-order valence-electron chi connectivity index (χ2n) is 5.66. The van der Waals surface area contributed by atoms with Gasteiger partial charge in [-0.15, -0.1) is 10.2 Å². The molecule has 0 aliphatic heterocycles. The Balaban J connectivity index is 1.64. The van der Waals surface area contributed by atoms with E-state index in [9.17, 15) is 4.79 Å². The van der Waals surface area contributed by atoms with Crippen LogP contribution in [0.15, 0.2) is 28.0 Å². The molecule has 0 radical (unpaired) electrons. The molecule has 0 atom stereocenters. The van der Waals surface area contributed by atoms with Gasteiger partial charge in [0.15, 0.2) is 0 Å². The number of aromatic nitrogens is 5. The molecule has 0 unspecified atom stereocenters. The molecule has 1 amide bonds. The smallest absolute Gasteiger partial charge is 0.271 e. The number of aryl methyl sites for hydroxylation is 2. The molecular weight excluding hydrogens is 358 g/mol. The van der Waals surface area contributed by atoms with Gasteiger partial charge in [0.1, 0.15) is 0 Å². The van der Waals surface area contributed by atoms with E-state index in [4.69, 9.17) is 5.84 Å². The summed E-state index contributed by atoms with van der Waals surface area (Å²) in [5.74, 6) is 6.74. The number of thiophene rings is 1. The van der Waals surface area contributed by atoms with Crippen LogP contribution in [0.25, 0.3) is 5.95 Å². The van der Waals surface area contributed by atoms with Crippen LogP contribution < -0.4 is 5.84 Å². The summed E-state index contributed by atoms with van der Waals surface area (Å²) in [5, 5.41) is 17.0. The number of carbonyl (C=O) groups is 1. The first-order valence-electron chi connectivity index (χ1n) is 7.57. The summed E-state index contributed by atoms with van der Waals surface area (Å²) < 4.78 is 2.99. The Morgan fingerprint density at radius 1 is 1.40 bits per heavy atom. The third-order valence-electron chi connectivity index (χ3n) is 3.60. The van der Waals surface area contributed by atoms with Crippen LogP contribution in [0.1, 0.15) is 17.0 Å². The Hall–Kier alpha value is -2.33. The van der Waals surface area contributed by atoms with Crippen molar-refractivity contribution >= 4 is 29.0 Å². The molecule has 10 heteroatoms. The molecule has 0 fully saturated rings. The Morgan fingerprint density at radius 2 is 2.20 bits per heavy atom. The molecule has 3 rings (SSSR count). The van der Waals surface area contributed by atoms with E-state index in [0.717, 1.165) is 17.0 Å². The largest absolute Gasteiger partial charge is 0.341 e.